The molecular weight excluding hydrogens is 350 g/mol. The minimum absolute atomic E-state index is 0.0541. The van der Waals surface area contributed by atoms with Crippen LogP contribution in [0.15, 0.2) is 30.3 Å². The zero-order valence-electron chi connectivity index (χ0n) is 15.6. The van der Waals surface area contributed by atoms with Gasteiger partial charge in [0, 0.05) is 11.2 Å². The summed E-state index contributed by atoms with van der Waals surface area (Å²) in [7, 11) is 0. The van der Waals surface area contributed by atoms with Crippen LogP contribution < -0.4 is 5.32 Å². The molecule has 4 aliphatic carbocycles. The normalized spacial score (nSPS) is 29.9. The van der Waals surface area contributed by atoms with Gasteiger partial charge in [-0.3, -0.25) is 9.36 Å². The average Bonchev–Trinajstić information content (AvgIpc) is 3.06. The zero-order valence-corrected chi connectivity index (χ0v) is 15.6. The van der Waals surface area contributed by atoms with Crippen LogP contribution in [0.4, 0.5) is 0 Å². The molecule has 4 bridgehead atoms. The molecule has 4 fully saturated rings. The molecule has 6 heteroatoms. The highest BCUT2D eigenvalue weighted by atomic mass is 16.2. The maximum Gasteiger partial charge on any atom is 0.273 e. The van der Waals surface area contributed by atoms with Gasteiger partial charge in [-0.2, -0.15) is 10.5 Å². The average molecular weight is 371 g/mol. The van der Waals surface area contributed by atoms with Crippen molar-refractivity contribution in [2.24, 2.45) is 17.8 Å². The molecular formula is C22H21N5O. The Morgan fingerprint density at radius 1 is 1.04 bits per heavy atom. The minimum Gasteiger partial charge on any atom is -0.345 e. The Bertz CT molecular complexity index is 988. The van der Waals surface area contributed by atoms with E-state index in [4.69, 9.17) is 0 Å². The van der Waals surface area contributed by atoms with E-state index in [9.17, 15) is 15.3 Å². The van der Waals surface area contributed by atoms with Gasteiger partial charge in [0.2, 0.25) is 5.82 Å². The molecule has 0 atom stereocenters. The van der Waals surface area contributed by atoms with Crippen LogP contribution >= 0.6 is 0 Å². The molecule has 28 heavy (non-hydrogen) atoms. The molecule has 4 saturated carbocycles. The number of nitriles is 2. The maximum absolute atomic E-state index is 13.2. The topological polar surface area (TPSA) is 94.5 Å². The van der Waals surface area contributed by atoms with Crippen LogP contribution in [0.3, 0.4) is 0 Å². The second-order valence-electron chi connectivity index (χ2n) is 8.68. The summed E-state index contributed by atoms with van der Waals surface area (Å²) in [5.41, 5.74) is 0.655. The second kappa shape index (κ2) is 6.21. The SMILES string of the molecule is N#Cc1nc(C(=O)NC23CC4CC(CC(C4)C2)C3)c(C#N)n1-c1ccccc1. The van der Waals surface area contributed by atoms with Crippen molar-refractivity contribution in [2.75, 3.05) is 0 Å². The van der Waals surface area contributed by atoms with Gasteiger partial charge in [-0.1, -0.05) is 18.2 Å². The molecule has 1 aromatic heterocycles. The molecule has 140 valence electrons. The monoisotopic (exact) mass is 371 g/mol. The zero-order chi connectivity index (χ0) is 19.3. The first-order valence-corrected chi connectivity index (χ1v) is 9.91. The van der Waals surface area contributed by atoms with Crippen LogP contribution in [0.5, 0.6) is 0 Å². The molecule has 0 saturated heterocycles. The third kappa shape index (κ3) is 2.60. The smallest absolute Gasteiger partial charge is 0.273 e. The number of carbonyl (C=O) groups is 1. The standard InChI is InChI=1S/C22H21N5O/c23-12-18-20(25-19(13-24)27(18)17-4-2-1-3-5-17)21(28)26-22-9-14-6-15(10-22)8-16(7-14)11-22/h1-5,14-16H,6-11H2,(H,26,28). The number of para-hydroxylation sites is 1. The number of hydrogen-bond acceptors (Lipinski definition) is 4. The maximum atomic E-state index is 13.2. The highest BCUT2D eigenvalue weighted by molar-refractivity contribution is 5.95. The van der Waals surface area contributed by atoms with Crippen molar-refractivity contribution in [2.45, 2.75) is 44.1 Å². The summed E-state index contributed by atoms with van der Waals surface area (Å²) in [5, 5.41) is 22.5. The van der Waals surface area contributed by atoms with Crippen LogP contribution in [0.25, 0.3) is 5.69 Å². The van der Waals surface area contributed by atoms with Gasteiger partial charge in [-0.05, 0) is 68.4 Å². The number of carbonyl (C=O) groups excluding carboxylic acids is 1. The number of hydrogen-bond donors (Lipinski definition) is 1. The molecule has 0 radical (unpaired) electrons. The van der Waals surface area contributed by atoms with E-state index in [1.54, 1.807) is 12.1 Å². The van der Waals surface area contributed by atoms with Crippen LogP contribution in [-0.4, -0.2) is 21.0 Å². The summed E-state index contributed by atoms with van der Waals surface area (Å²) >= 11 is 0. The fraction of sp³-hybridized carbons (Fsp3) is 0.455. The van der Waals surface area contributed by atoms with Gasteiger partial charge in [0.05, 0.1) is 0 Å². The van der Waals surface area contributed by atoms with Gasteiger partial charge < -0.3 is 5.32 Å². The van der Waals surface area contributed by atoms with Gasteiger partial charge in [0.15, 0.2) is 11.4 Å². The van der Waals surface area contributed by atoms with Gasteiger partial charge in [0.25, 0.3) is 5.91 Å². The number of amides is 1. The van der Waals surface area contributed by atoms with Gasteiger partial charge in [-0.15, -0.1) is 0 Å². The predicted octanol–water partition coefficient (Wildman–Crippen LogP) is 3.31. The number of nitrogens with zero attached hydrogens (tertiary/aromatic N) is 4. The Labute approximate surface area is 163 Å². The quantitative estimate of drug-likeness (QED) is 0.895. The lowest BCUT2D eigenvalue weighted by Gasteiger charge is -2.56. The third-order valence-electron chi connectivity index (χ3n) is 6.73. The van der Waals surface area contributed by atoms with E-state index in [0.717, 1.165) is 19.3 Å². The summed E-state index contributed by atoms with van der Waals surface area (Å²) in [5.74, 6) is 1.85. The lowest BCUT2D eigenvalue weighted by atomic mass is 9.53. The Kier molecular flexibility index (Phi) is 3.77. The Hall–Kier alpha value is -3.12. The largest absolute Gasteiger partial charge is 0.345 e. The van der Waals surface area contributed by atoms with E-state index in [0.29, 0.717) is 23.4 Å². The van der Waals surface area contributed by atoms with E-state index in [1.165, 1.54) is 23.8 Å². The highest BCUT2D eigenvalue weighted by Crippen LogP contribution is 2.55. The van der Waals surface area contributed by atoms with Crippen molar-refractivity contribution in [3.05, 3.63) is 47.5 Å². The first-order valence-electron chi connectivity index (χ1n) is 9.91. The molecule has 6 rings (SSSR count). The molecule has 6 nitrogen and oxygen atoms in total. The number of aromatic nitrogens is 2. The molecule has 1 aromatic carbocycles. The Balaban J connectivity index is 1.50. The number of benzene rings is 1. The summed E-state index contributed by atoms with van der Waals surface area (Å²) in [6.45, 7) is 0. The molecule has 1 N–H and O–H groups in total. The van der Waals surface area contributed by atoms with Crippen LogP contribution in [0, 0.1) is 40.4 Å². The van der Waals surface area contributed by atoms with Gasteiger partial charge >= 0.3 is 0 Å². The Morgan fingerprint density at radius 3 is 2.18 bits per heavy atom. The van der Waals surface area contributed by atoms with Gasteiger partial charge in [0.1, 0.15) is 12.1 Å². The summed E-state index contributed by atoms with van der Waals surface area (Å²) < 4.78 is 1.47. The first kappa shape index (κ1) is 17.0. The second-order valence-corrected chi connectivity index (χ2v) is 8.68. The molecule has 1 heterocycles. The molecule has 0 spiro atoms. The van der Waals surface area contributed by atoms with Crippen molar-refractivity contribution in [3.8, 4) is 17.8 Å². The summed E-state index contributed by atoms with van der Waals surface area (Å²) in [4.78, 5) is 17.4. The minimum atomic E-state index is -0.329. The Morgan fingerprint density at radius 2 is 1.64 bits per heavy atom. The third-order valence-corrected chi connectivity index (χ3v) is 6.73. The fourth-order valence-electron chi connectivity index (χ4n) is 6.15. The molecule has 1 amide bonds. The van der Waals surface area contributed by atoms with E-state index < -0.39 is 0 Å². The van der Waals surface area contributed by atoms with E-state index in [2.05, 4.69) is 16.4 Å². The summed E-state index contributed by atoms with van der Waals surface area (Å²) in [6, 6.07) is 13.2. The van der Waals surface area contributed by atoms with Crippen LogP contribution in [-0.2, 0) is 0 Å². The van der Waals surface area contributed by atoms with Crippen molar-refractivity contribution < 1.29 is 4.79 Å². The highest BCUT2D eigenvalue weighted by Gasteiger charge is 2.51. The lowest BCUT2D eigenvalue weighted by molar-refractivity contribution is -0.0167. The van der Waals surface area contributed by atoms with Crippen molar-refractivity contribution in [1.29, 1.82) is 10.5 Å². The van der Waals surface area contributed by atoms with E-state index in [1.807, 2.05) is 24.3 Å². The number of imidazole rings is 1. The number of rotatable bonds is 3. The van der Waals surface area contributed by atoms with Crippen molar-refractivity contribution >= 4 is 5.91 Å². The van der Waals surface area contributed by atoms with Crippen molar-refractivity contribution in [3.63, 3.8) is 0 Å². The fourth-order valence-corrected chi connectivity index (χ4v) is 6.15. The van der Waals surface area contributed by atoms with Crippen molar-refractivity contribution in [1.82, 2.24) is 14.9 Å². The first-order chi connectivity index (χ1) is 13.6. The van der Waals surface area contributed by atoms with E-state index >= 15 is 0 Å². The molecule has 0 aliphatic heterocycles. The van der Waals surface area contributed by atoms with Crippen LogP contribution in [0.1, 0.15) is 60.5 Å². The molecule has 4 aliphatic rings. The van der Waals surface area contributed by atoms with Crippen LogP contribution in [0.2, 0.25) is 0 Å². The van der Waals surface area contributed by atoms with Gasteiger partial charge in [-0.25, -0.2) is 4.98 Å². The molecule has 0 unspecified atom stereocenters. The summed E-state index contributed by atoms with van der Waals surface area (Å²) in [6.07, 6.45) is 6.95. The lowest BCUT2D eigenvalue weighted by Crippen LogP contribution is -2.59. The number of nitrogens with one attached hydrogen (secondary N) is 1. The predicted molar refractivity (Wildman–Crippen MR) is 101 cm³/mol. The molecule has 2 aromatic rings. The van der Waals surface area contributed by atoms with E-state index in [-0.39, 0.29) is 28.7 Å².